The quantitative estimate of drug-likeness (QED) is 0.915. The summed E-state index contributed by atoms with van der Waals surface area (Å²) in [7, 11) is 0. The average Bonchev–Trinajstić information content (AvgIpc) is 2.63. The molecular formula is C13H20F3N3. The van der Waals surface area contributed by atoms with Crippen LogP contribution in [0, 0.1) is 6.92 Å². The summed E-state index contributed by atoms with van der Waals surface area (Å²) >= 11 is 0. The Labute approximate surface area is 111 Å². The highest BCUT2D eigenvalue weighted by Gasteiger charge is 2.27. The molecule has 0 saturated carbocycles. The van der Waals surface area contributed by atoms with E-state index in [9.17, 15) is 13.2 Å². The Bertz CT molecular complexity index is 437. The van der Waals surface area contributed by atoms with Gasteiger partial charge in [0.1, 0.15) is 5.82 Å². The molecule has 3 nitrogen and oxygen atoms in total. The average molecular weight is 275 g/mol. The molecule has 0 bridgehead atoms. The highest BCUT2D eigenvalue weighted by molar-refractivity contribution is 5.20. The summed E-state index contributed by atoms with van der Waals surface area (Å²) in [5.74, 6) is 0.910. The largest absolute Gasteiger partial charge is 0.401 e. The SMILES string of the molecule is Cc1nc2c(n1C(C)CNCC(F)(F)F)CCCC2. The van der Waals surface area contributed by atoms with Crippen LogP contribution in [0.5, 0.6) is 0 Å². The summed E-state index contributed by atoms with van der Waals surface area (Å²) in [4.78, 5) is 4.54. The lowest BCUT2D eigenvalue weighted by Crippen LogP contribution is -2.33. The normalized spacial score (nSPS) is 17.3. The van der Waals surface area contributed by atoms with E-state index in [0.717, 1.165) is 37.2 Å². The van der Waals surface area contributed by atoms with Crippen LogP contribution >= 0.6 is 0 Å². The molecule has 0 aromatic carbocycles. The number of nitrogens with one attached hydrogen (secondary N) is 1. The van der Waals surface area contributed by atoms with E-state index in [0.29, 0.717) is 6.54 Å². The molecule has 0 saturated heterocycles. The van der Waals surface area contributed by atoms with Crippen LogP contribution in [0.2, 0.25) is 0 Å². The highest BCUT2D eigenvalue weighted by Crippen LogP contribution is 2.25. The van der Waals surface area contributed by atoms with Gasteiger partial charge in [0.05, 0.1) is 12.2 Å². The summed E-state index contributed by atoms with van der Waals surface area (Å²) < 4.78 is 38.5. The first-order valence-corrected chi connectivity index (χ1v) is 6.72. The van der Waals surface area contributed by atoms with Crippen molar-refractivity contribution in [3.8, 4) is 0 Å². The van der Waals surface area contributed by atoms with Gasteiger partial charge in [-0.2, -0.15) is 13.2 Å². The highest BCUT2D eigenvalue weighted by atomic mass is 19.4. The Balaban J connectivity index is 2.03. The maximum atomic E-state index is 12.1. The molecule has 0 fully saturated rings. The van der Waals surface area contributed by atoms with Gasteiger partial charge >= 0.3 is 6.18 Å². The number of aromatic nitrogens is 2. The second-order valence-electron chi connectivity index (χ2n) is 5.22. The number of halogens is 3. The fourth-order valence-electron chi connectivity index (χ4n) is 2.80. The molecule has 108 valence electrons. The van der Waals surface area contributed by atoms with Gasteiger partial charge in [-0.05, 0) is 39.5 Å². The third-order valence-electron chi connectivity index (χ3n) is 3.55. The molecule has 2 rings (SSSR count). The number of imidazole rings is 1. The molecule has 1 unspecified atom stereocenters. The number of aryl methyl sites for hydroxylation is 2. The van der Waals surface area contributed by atoms with E-state index in [1.54, 1.807) is 0 Å². The number of rotatable bonds is 4. The number of hydrogen-bond acceptors (Lipinski definition) is 2. The standard InChI is InChI=1S/C13H20F3N3/c1-9(7-17-8-13(14,15)16)19-10(2)18-11-5-3-4-6-12(11)19/h9,17H,3-8H2,1-2H3. The van der Waals surface area contributed by atoms with Crippen molar-refractivity contribution >= 4 is 0 Å². The Hall–Kier alpha value is -1.04. The number of alkyl halides is 3. The van der Waals surface area contributed by atoms with Crippen LogP contribution in [-0.4, -0.2) is 28.8 Å². The maximum Gasteiger partial charge on any atom is 0.401 e. The third-order valence-corrected chi connectivity index (χ3v) is 3.55. The Morgan fingerprint density at radius 3 is 2.68 bits per heavy atom. The van der Waals surface area contributed by atoms with Crippen LogP contribution in [0.15, 0.2) is 0 Å². The van der Waals surface area contributed by atoms with Gasteiger partial charge < -0.3 is 9.88 Å². The number of nitrogens with zero attached hydrogens (tertiary/aromatic N) is 2. The molecular weight excluding hydrogens is 255 g/mol. The van der Waals surface area contributed by atoms with Crippen molar-refractivity contribution in [2.75, 3.05) is 13.1 Å². The lowest BCUT2D eigenvalue weighted by Gasteiger charge is -2.21. The van der Waals surface area contributed by atoms with E-state index >= 15 is 0 Å². The monoisotopic (exact) mass is 275 g/mol. The fourth-order valence-corrected chi connectivity index (χ4v) is 2.80. The predicted octanol–water partition coefficient (Wildman–Crippen LogP) is 2.78. The molecule has 0 amide bonds. The molecule has 0 spiro atoms. The van der Waals surface area contributed by atoms with Crippen molar-refractivity contribution in [3.05, 3.63) is 17.2 Å². The van der Waals surface area contributed by atoms with Crippen molar-refractivity contribution in [1.29, 1.82) is 0 Å². The molecule has 1 aliphatic rings. The molecule has 19 heavy (non-hydrogen) atoms. The number of hydrogen-bond donors (Lipinski definition) is 1. The first-order valence-electron chi connectivity index (χ1n) is 6.72. The molecule has 0 radical (unpaired) electrons. The van der Waals surface area contributed by atoms with Crippen LogP contribution in [0.1, 0.15) is 43.0 Å². The van der Waals surface area contributed by atoms with Gasteiger partial charge in [-0.15, -0.1) is 0 Å². The Morgan fingerprint density at radius 1 is 1.32 bits per heavy atom. The van der Waals surface area contributed by atoms with E-state index in [1.807, 2.05) is 13.8 Å². The Kier molecular flexibility index (Phi) is 4.18. The topological polar surface area (TPSA) is 29.9 Å². The van der Waals surface area contributed by atoms with Crippen LogP contribution in [0.4, 0.5) is 13.2 Å². The van der Waals surface area contributed by atoms with E-state index in [4.69, 9.17) is 0 Å². The summed E-state index contributed by atoms with van der Waals surface area (Å²) in [5.41, 5.74) is 2.34. The van der Waals surface area contributed by atoms with E-state index in [1.165, 1.54) is 5.69 Å². The van der Waals surface area contributed by atoms with Gasteiger partial charge in [0.15, 0.2) is 0 Å². The molecule has 0 aliphatic heterocycles. The molecule has 1 heterocycles. The van der Waals surface area contributed by atoms with Crippen LogP contribution in [0.25, 0.3) is 0 Å². The smallest absolute Gasteiger partial charge is 0.328 e. The van der Waals surface area contributed by atoms with Crippen molar-refractivity contribution in [1.82, 2.24) is 14.9 Å². The second-order valence-corrected chi connectivity index (χ2v) is 5.22. The van der Waals surface area contributed by atoms with Gasteiger partial charge in [-0.25, -0.2) is 4.98 Å². The molecule has 1 N–H and O–H groups in total. The minimum absolute atomic E-state index is 0.00306. The molecule has 1 aromatic heterocycles. The molecule has 1 aliphatic carbocycles. The lowest BCUT2D eigenvalue weighted by molar-refractivity contribution is -0.124. The molecule has 1 atom stereocenters. The van der Waals surface area contributed by atoms with Gasteiger partial charge in [-0.1, -0.05) is 0 Å². The zero-order valence-electron chi connectivity index (χ0n) is 11.3. The zero-order valence-corrected chi connectivity index (χ0v) is 11.3. The van der Waals surface area contributed by atoms with Gasteiger partial charge in [0.2, 0.25) is 0 Å². The fraction of sp³-hybridized carbons (Fsp3) is 0.769. The van der Waals surface area contributed by atoms with E-state index in [-0.39, 0.29) is 6.04 Å². The lowest BCUT2D eigenvalue weighted by atomic mass is 10.0. The van der Waals surface area contributed by atoms with E-state index in [2.05, 4.69) is 14.9 Å². The maximum absolute atomic E-state index is 12.1. The summed E-state index contributed by atoms with van der Waals surface area (Å²) in [6.45, 7) is 3.24. The minimum Gasteiger partial charge on any atom is -0.328 e. The first kappa shape index (κ1) is 14.4. The van der Waals surface area contributed by atoms with Crippen molar-refractivity contribution in [3.63, 3.8) is 0 Å². The summed E-state index contributed by atoms with van der Waals surface area (Å²) in [5, 5.41) is 2.47. The Morgan fingerprint density at radius 2 is 2.00 bits per heavy atom. The minimum atomic E-state index is -4.15. The predicted molar refractivity (Wildman–Crippen MR) is 67.2 cm³/mol. The number of fused-ring (bicyclic) bond motifs is 1. The van der Waals surface area contributed by atoms with Gasteiger partial charge in [0.25, 0.3) is 0 Å². The van der Waals surface area contributed by atoms with E-state index < -0.39 is 12.7 Å². The third kappa shape index (κ3) is 3.49. The zero-order chi connectivity index (χ0) is 14.0. The summed E-state index contributed by atoms with van der Waals surface area (Å²) in [6.07, 6.45) is 0.125. The molecule has 1 aromatic rings. The summed E-state index contributed by atoms with van der Waals surface area (Å²) in [6, 6.07) is -0.00306. The molecule has 6 heteroatoms. The first-order chi connectivity index (χ1) is 8.88. The van der Waals surface area contributed by atoms with Crippen LogP contribution in [0.3, 0.4) is 0 Å². The van der Waals surface area contributed by atoms with Crippen molar-refractivity contribution in [2.45, 2.75) is 51.7 Å². The van der Waals surface area contributed by atoms with Crippen LogP contribution < -0.4 is 5.32 Å². The van der Waals surface area contributed by atoms with Crippen LogP contribution in [-0.2, 0) is 12.8 Å². The van der Waals surface area contributed by atoms with Crippen molar-refractivity contribution < 1.29 is 13.2 Å². The van der Waals surface area contributed by atoms with Gasteiger partial charge in [-0.3, -0.25) is 0 Å². The van der Waals surface area contributed by atoms with Gasteiger partial charge in [0, 0.05) is 18.3 Å². The second kappa shape index (κ2) is 5.53. The van der Waals surface area contributed by atoms with Crippen molar-refractivity contribution in [2.24, 2.45) is 0 Å².